The van der Waals surface area contributed by atoms with Crippen molar-refractivity contribution in [2.45, 2.75) is 19.4 Å². The van der Waals surface area contributed by atoms with Crippen LogP contribution in [0.5, 0.6) is 0 Å². The molecule has 0 spiro atoms. The minimum atomic E-state index is 0.543. The van der Waals surface area contributed by atoms with E-state index in [0.717, 1.165) is 47.0 Å². The van der Waals surface area contributed by atoms with Crippen LogP contribution in [0.15, 0.2) is 41.0 Å². The lowest BCUT2D eigenvalue weighted by atomic mass is 10.3. The molecule has 0 aliphatic heterocycles. The van der Waals surface area contributed by atoms with Crippen LogP contribution in [0, 0.1) is 0 Å². The maximum atomic E-state index is 6.32. The largest absolute Gasteiger partial charge is 0.469 e. The van der Waals surface area contributed by atoms with Gasteiger partial charge in [0.05, 0.1) is 22.3 Å². The number of aryl methyl sites for hydroxylation is 3. The molecule has 0 N–H and O–H groups in total. The maximum Gasteiger partial charge on any atom is 0.111 e. The summed E-state index contributed by atoms with van der Waals surface area (Å²) < 4.78 is 7.52. The van der Waals surface area contributed by atoms with Crippen molar-refractivity contribution in [1.29, 1.82) is 0 Å². The van der Waals surface area contributed by atoms with Crippen LogP contribution in [0.4, 0.5) is 0 Å². The third-order valence-electron chi connectivity index (χ3n) is 3.28. The summed E-state index contributed by atoms with van der Waals surface area (Å²) >= 11 is 12.2. The highest BCUT2D eigenvalue weighted by atomic mass is 35.5. The Morgan fingerprint density at radius 3 is 2.80 bits per heavy atom. The Bertz CT molecular complexity index is 704. The second-order valence-electron chi connectivity index (χ2n) is 4.56. The fraction of sp³-hybridized carbons (Fsp3) is 0.267. The summed E-state index contributed by atoms with van der Waals surface area (Å²) in [4.78, 5) is 4.63. The molecule has 2 heterocycles. The van der Waals surface area contributed by atoms with Crippen molar-refractivity contribution in [2.75, 3.05) is 5.88 Å². The number of halogens is 2. The molecule has 0 aliphatic carbocycles. The van der Waals surface area contributed by atoms with E-state index in [2.05, 4.69) is 9.55 Å². The van der Waals surface area contributed by atoms with Crippen LogP contribution in [0.1, 0.15) is 11.6 Å². The van der Waals surface area contributed by atoms with Crippen molar-refractivity contribution in [1.82, 2.24) is 9.55 Å². The van der Waals surface area contributed by atoms with Crippen LogP contribution in [0.2, 0.25) is 5.02 Å². The van der Waals surface area contributed by atoms with Gasteiger partial charge < -0.3 is 8.98 Å². The van der Waals surface area contributed by atoms with Gasteiger partial charge in [0.2, 0.25) is 0 Å². The third kappa shape index (κ3) is 2.56. The highest BCUT2D eigenvalue weighted by Crippen LogP contribution is 2.25. The zero-order valence-corrected chi connectivity index (χ0v) is 12.4. The summed E-state index contributed by atoms with van der Waals surface area (Å²) in [7, 11) is 0. The molecule has 20 heavy (non-hydrogen) atoms. The SMILES string of the molecule is ClCCc1nc2cccc(Cl)c2n1CCc1ccco1. The normalized spacial score (nSPS) is 11.3. The standard InChI is InChI=1S/C15H14Cl2N2O/c16-8-6-14-18-13-5-1-4-12(17)15(13)19(14)9-7-11-3-2-10-20-11/h1-5,10H,6-9H2. The lowest BCUT2D eigenvalue weighted by molar-refractivity contribution is 0.490. The number of fused-ring (bicyclic) bond motifs is 1. The van der Waals surface area contributed by atoms with Gasteiger partial charge in [0, 0.05) is 25.3 Å². The number of para-hydroxylation sites is 1. The topological polar surface area (TPSA) is 31.0 Å². The predicted molar refractivity (Wildman–Crippen MR) is 81.6 cm³/mol. The molecule has 0 saturated carbocycles. The van der Waals surface area contributed by atoms with E-state index < -0.39 is 0 Å². The van der Waals surface area contributed by atoms with Gasteiger partial charge in [-0.3, -0.25) is 0 Å². The average Bonchev–Trinajstić information content (AvgIpc) is 3.05. The fourth-order valence-corrected chi connectivity index (χ4v) is 2.82. The molecular weight excluding hydrogens is 295 g/mol. The molecule has 3 aromatic rings. The molecule has 0 unspecified atom stereocenters. The molecule has 0 saturated heterocycles. The molecule has 0 atom stereocenters. The first-order valence-electron chi connectivity index (χ1n) is 6.51. The Labute approximate surface area is 127 Å². The summed E-state index contributed by atoms with van der Waals surface area (Å²) in [5, 5.41) is 0.718. The molecular formula is C15H14Cl2N2O. The Hall–Kier alpha value is -1.45. The summed E-state index contributed by atoms with van der Waals surface area (Å²) in [5.74, 6) is 2.46. The highest BCUT2D eigenvalue weighted by molar-refractivity contribution is 6.35. The Morgan fingerprint density at radius 1 is 1.15 bits per heavy atom. The van der Waals surface area contributed by atoms with Crippen molar-refractivity contribution < 1.29 is 4.42 Å². The van der Waals surface area contributed by atoms with Crippen LogP contribution in [-0.2, 0) is 19.4 Å². The molecule has 1 aromatic carbocycles. The summed E-state index contributed by atoms with van der Waals surface area (Å²) in [6.45, 7) is 0.778. The van der Waals surface area contributed by atoms with Crippen molar-refractivity contribution in [3.8, 4) is 0 Å². The first kappa shape index (κ1) is 13.5. The molecule has 0 bridgehead atoms. The minimum Gasteiger partial charge on any atom is -0.469 e. The lowest BCUT2D eigenvalue weighted by Gasteiger charge is -2.08. The van der Waals surface area contributed by atoms with Gasteiger partial charge in [-0.1, -0.05) is 17.7 Å². The van der Waals surface area contributed by atoms with Crippen molar-refractivity contribution in [3.05, 3.63) is 53.2 Å². The number of alkyl halides is 1. The first-order valence-corrected chi connectivity index (χ1v) is 7.43. The van der Waals surface area contributed by atoms with Gasteiger partial charge in [0.25, 0.3) is 0 Å². The number of benzene rings is 1. The van der Waals surface area contributed by atoms with E-state index in [1.165, 1.54) is 0 Å². The summed E-state index contributed by atoms with van der Waals surface area (Å²) in [6, 6.07) is 9.65. The highest BCUT2D eigenvalue weighted by Gasteiger charge is 2.13. The number of aromatic nitrogens is 2. The van der Waals surface area contributed by atoms with E-state index >= 15 is 0 Å². The zero-order valence-electron chi connectivity index (χ0n) is 10.9. The zero-order chi connectivity index (χ0) is 13.9. The Morgan fingerprint density at radius 2 is 2.05 bits per heavy atom. The fourth-order valence-electron chi connectivity index (χ4n) is 2.38. The van der Waals surface area contributed by atoms with E-state index in [1.54, 1.807) is 6.26 Å². The van der Waals surface area contributed by atoms with Crippen LogP contribution in [-0.4, -0.2) is 15.4 Å². The summed E-state index contributed by atoms with van der Waals surface area (Å²) in [5.41, 5.74) is 1.89. The van der Waals surface area contributed by atoms with Crippen molar-refractivity contribution in [3.63, 3.8) is 0 Å². The molecule has 0 aliphatic rings. The van der Waals surface area contributed by atoms with Crippen LogP contribution in [0.3, 0.4) is 0 Å². The smallest absolute Gasteiger partial charge is 0.111 e. The Kier molecular flexibility index (Phi) is 3.99. The molecule has 3 rings (SSSR count). The van der Waals surface area contributed by atoms with E-state index in [9.17, 15) is 0 Å². The van der Waals surface area contributed by atoms with Crippen LogP contribution >= 0.6 is 23.2 Å². The van der Waals surface area contributed by atoms with Crippen molar-refractivity contribution in [2.24, 2.45) is 0 Å². The van der Waals surface area contributed by atoms with Gasteiger partial charge >= 0.3 is 0 Å². The lowest BCUT2D eigenvalue weighted by Crippen LogP contribution is -2.07. The van der Waals surface area contributed by atoms with Gasteiger partial charge in [-0.2, -0.15) is 0 Å². The van der Waals surface area contributed by atoms with E-state index in [1.807, 2.05) is 30.3 Å². The molecule has 104 valence electrons. The van der Waals surface area contributed by atoms with Gasteiger partial charge in [-0.25, -0.2) is 4.98 Å². The van der Waals surface area contributed by atoms with Crippen molar-refractivity contribution >= 4 is 34.2 Å². The molecule has 3 nitrogen and oxygen atoms in total. The van der Waals surface area contributed by atoms with Gasteiger partial charge in [0.15, 0.2) is 0 Å². The monoisotopic (exact) mass is 308 g/mol. The number of hydrogen-bond donors (Lipinski definition) is 0. The van der Waals surface area contributed by atoms with Crippen LogP contribution in [0.25, 0.3) is 11.0 Å². The number of furan rings is 1. The first-order chi connectivity index (χ1) is 9.79. The van der Waals surface area contributed by atoms with Crippen LogP contribution < -0.4 is 0 Å². The molecule has 2 aromatic heterocycles. The predicted octanol–water partition coefficient (Wildman–Crippen LogP) is 4.31. The number of nitrogens with zero attached hydrogens (tertiary/aromatic N) is 2. The average molecular weight is 309 g/mol. The molecule has 0 fully saturated rings. The second kappa shape index (κ2) is 5.90. The molecule has 0 radical (unpaired) electrons. The van der Waals surface area contributed by atoms with Gasteiger partial charge in [-0.05, 0) is 24.3 Å². The Balaban J connectivity index is 1.99. The molecule has 5 heteroatoms. The second-order valence-corrected chi connectivity index (χ2v) is 5.34. The number of rotatable bonds is 5. The van der Waals surface area contributed by atoms with Gasteiger partial charge in [-0.15, -0.1) is 11.6 Å². The number of hydrogen-bond acceptors (Lipinski definition) is 2. The quantitative estimate of drug-likeness (QED) is 0.658. The minimum absolute atomic E-state index is 0.543. The summed E-state index contributed by atoms with van der Waals surface area (Å²) in [6.07, 6.45) is 3.22. The van der Waals surface area contributed by atoms with Gasteiger partial charge in [0.1, 0.15) is 11.6 Å². The number of imidazole rings is 1. The third-order valence-corrected chi connectivity index (χ3v) is 3.77. The van der Waals surface area contributed by atoms with E-state index in [4.69, 9.17) is 27.6 Å². The molecule has 0 amide bonds. The van der Waals surface area contributed by atoms with E-state index in [0.29, 0.717) is 5.88 Å². The van der Waals surface area contributed by atoms with E-state index in [-0.39, 0.29) is 0 Å². The maximum absolute atomic E-state index is 6.32.